The lowest BCUT2D eigenvalue weighted by molar-refractivity contribution is -0.120. The Bertz CT molecular complexity index is 369. The summed E-state index contributed by atoms with van der Waals surface area (Å²) in [6, 6.07) is 5.72. The number of hydrogen-bond acceptors (Lipinski definition) is 3. The van der Waals surface area contributed by atoms with Gasteiger partial charge in [-0.25, -0.2) is 0 Å². The maximum atomic E-state index is 11.4. The fraction of sp³-hybridized carbons (Fsp3) is 0.364. The molecule has 0 radical (unpaired) electrons. The van der Waals surface area contributed by atoms with Crippen LogP contribution in [0.25, 0.3) is 0 Å². The van der Waals surface area contributed by atoms with Gasteiger partial charge in [0.25, 0.3) is 0 Å². The van der Waals surface area contributed by atoms with Gasteiger partial charge in [0.2, 0.25) is 5.91 Å². The molecule has 1 aromatic carbocycles. The van der Waals surface area contributed by atoms with Gasteiger partial charge in [0.05, 0.1) is 12.3 Å². The predicted molar refractivity (Wildman–Crippen MR) is 67.4 cm³/mol. The summed E-state index contributed by atoms with van der Waals surface area (Å²) < 4.78 is 5.89. The van der Waals surface area contributed by atoms with Crippen LogP contribution in [-0.4, -0.2) is 25.7 Å². The van der Waals surface area contributed by atoms with E-state index < -0.39 is 0 Å². The Labute approximate surface area is 103 Å². The number of ether oxygens (including phenoxy) is 1. The van der Waals surface area contributed by atoms with Gasteiger partial charge in [-0.1, -0.05) is 6.07 Å². The summed E-state index contributed by atoms with van der Waals surface area (Å²) in [5, 5.41) is 2.74. The van der Waals surface area contributed by atoms with E-state index in [-0.39, 0.29) is 12.5 Å². The molecular formula is C11H15BrN2O2. The van der Waals surface area contributed by atoms with E-state index in [1.54, 1.807) is 0 Å². The third kappa shape index (κ3) is 4.30. The average molecular weight is 287 g/mol. The first-order valence-electron chi connectivity index (χ1n) is 4.97. The van der Waals surface area contributed by atoms with Crippen molar-refractivity contribution < 1.29 is 9.53 Å². The molecule has 0 saturated heterocycles. The first-order chi connectivity index (χ1) is 7.63. The topological polar surface area (TPSA) is 64.3 Å². The van der Waals surface area contributed by atoms with Crippen LogP contribution in [0.15, 0.2) is 22.7 Å². The normalized spacial score (nSPS) is 10.2. The van der Waals surface area contributed by atoms with E-state index in [0.29, 0.717) is 13.2 Å². The minimum Gasteiger partial charge on any atom is -0.370 e. The van der Waals surface area contributed by atoms with Gasteiger partial charge < -0.3 is 15.8 Å². The lowest BCUT2D eigenvalue weighted by Gasteiger charge is -2.08. The van der Waals surface area contributed by atoms with Gasteiger partial charge in [0.1, 0.15) is 6.61 Å². The van der Waals surface area contributed by atoms with Crippen molar-refractivity contribution in [2.75, 3.05) is 25.1 Å². The van der Waals surface area contributed by atoms with Gasteiger partial charge in [-0.3, -0.25) is 4.79 Å². The van der Waals surface area contributed by atoms with Crippen LogP contribution in [0.4, 0.5) is 5.69 Å². The quantitative estimate of drug-likeness (QED) is 0.810. The van der Waals surface area contributed by atoms with Crippen LogP contribution in [-0.2, 0) is 9.53 Å². The van der Waals surface area contributed by atoms with E-state index in [9.17, 15) is 4.79 Å². The Morgan fingerprint density at radius 1 is 1.56 bits per heavy atom. The first kappa shape index (κ1) is 13.2. The molecule has 5 heteroatoms. The highest BCUT2D eigenvalue weighted by molar-refractivity contribution is 9.10. The fourth-order valence-electron chi connectivity index (χ4n) is 1.16. The Kier molecular flexibility index (Phi) is 5.45. The molecule has 0 aliphatic carbocycles. The third-order valence-electron chi connectivity index (χ3n) is 1.89. The second kappa shape index (κ2) is 6.62. The van der Waals surface area contributed by atoms with Crippen LogP contribution >= 0.6 is 15.9 Å². The van der Waals surface area contributed by atoms with Crippen molar-refractivity contribution in [3.05, 3.63) is 28.2 Å². The summed E-state index contributed by atoms with van der Waals surface area (Å²) in [6.07, 6.45) is 0. The zero-order chi connectivity index (χ0) is 12.0. The van der Waals surface area contributed by atoms with Gasteiger partial charge in [0, 0.05) is 11.0 Å². The lowest BCUT2D eigenvalue weighted by Crippen LogP contribution is -2.20. The van der Waals surface area contributed by atoms with E-state index in [0.717, 1.165) is 15.7 Å². The number of hydrogen-bond donors (Lipinski definition) is 2. The zero-order valence-corrected chi connectivity index (χ0v) is 10.7. The molecule has 0 aliphatic rings. The van der Waals surface area contributed by atoms with E-state index in [4.69, 9.17) is 10.5 Å². The number of aryl methyl sites for hydroxylation is 1. The Morgan fingerprint density at radius 2 is 2.31 bits per heavy atom. The molecule has 1 rings (SSSR count). The number of carbonyl (C=O) groups is 1. The first-order valence-corrected chi connectivity index (χ1v) is 5.76. The molecule has 88 valence electrons. The number of rotatable bonds is 5. The highest BCUT2D eigenvalue weighted by Crippen LogP contribution is 2.23. The number of nitrogens with two attached hydrogens (primary N) is 1. The van der Waals surface area contributed by atoms with Crippen molar-refractivity contribution in [3.63, 3.8) is 0 Å². The fourth-order valence-corrected chi connectivity index (χ4v) is 1.75. The summed E-state index contributed by atoms with van der Waals surface area (Å²) in [4.78, 5) is 11.4. The lowest BCUT2D eigenvalue weighted by atomic mass is 10.2. The Morgan fingerprint density at radius 3 is 2.94 bits per heavy atom. The maximum Gasteiger partial charge on any atom is 0.250 e. The van der Waals surface area contributed by atoms with E-state index in [2.05, 4.69) is 21.2 Å². The van der Waals surface area contributed by atoms with Crippen molar-refractivity contribution >= 4 is 27.5 Å². The molecule has 1 aromatic rings. The van der Waals surface area contributed by atoms with Crippen molar-refractivity contribution in [1.82, 2.24) is 0 Å². The molecule has 0 aliphatic heterocycles. The molecule has 1 amide bonds. The van der Waals surface area contributed by atoms with E-state index in [1.807, 2.05) is 25.1 Å². The molecule has 3 N–H and O–H groups in total. The van der Waals surface area contributed by atoms with Gasteiger partial charge in [-0.15, -0.1) is 0 Å². The third-order valence-corrected chi connectivity index (χ3v) is 2.55. The van der Waals surface area contributed by atoms with Crippen molar-refractivity contribution in [2.45, 2.75) is 6.92 Å². The van der Waals surface area contributed by atoms with E-state index >= 15 is 0 Å². The highest BCUT2D eigenvalue weighted by Gasteiger charge is 2.05. The second-order valence-corrected chi connectivity index (χ2v) is 4.23. The monoisotopic (exact) mass is 286 g/mol. The van der Waals surface area contributed by atoms with Gasteiger partial charge in [0.15, 0.2) is 0 Å². The number of carbonyl (C=O) groups excluding carboxylic acids is 1. The molecule has 0 unspecified atom stereocenters. The van der Waals surface area contributed by atoms with Crippen LogP contribution in [0.1, 0.15) is 5.56 Å². The minimum absolute atomic E-state index is 0.0253. The van der Waals surface area contributed by atoms with Crippen molar-refractivity contribution in [3.8, 4) is 0 Å². The molecule has 16 heavy (non-hydrogen) atoms. The smallest absolute Gasteiger partial charge is 0.250 e. The maximum absolute atomic E-state index is 11.4. The number of nitrogens with one attached hydrogen (secondary N) is 1. The molecule has 4 nitrogen and oxygen atoms in total. The van der Waals surface area contributed by atoms with Crippen LogP contribution < -0.4 is 11.1 Å². The number of anilines is 1. The Balaban J connectivity index is 2.49. The SMILES string of the molecule is Cc1ccc(NC(=O)COCCN)c(Br)c1. The average Bonchev–Trinajstić information content (AvgIpc) is 2.23. The molecule has 0 aromatic heterocycles. The molecule has 0 atom stereocenters. The Hall–Kier alpha value is -0.910. The molecule has 0 saturated carbocycles. The summed E-state index contributed by atoms with van der Waals surface area (Å²) in [6.45, 7) is 2.82. The summed E-state index contributed by atoms with van der Waals surface area (Å²) >= 11 is 3.38. The summed E-state index contributed by atoms with van der Waals surface area (Å²) in [5.41, 5.74) is 7.12. The van der Waals surface area contributed by atoms with E-state index in [1.165, 1.54) is 0 Å². The van der Waals surface area contributed by atoms with Gasteiger partial charge >= 0.3 is 0 Å². The molecule has 0 spiro atoms. The van der Waals surface area contributed by atoms with Gasteiger partial charge in [-0.2, -0.15) is 0 Å². The summed E-state index contributed by atoms with van der Waals surface area (Å²) in [7, 11) is 0. The molecule has 0 bridgehead atoms. The predicted octanol–water partition coefficient (Wildman–Crippen LogP) is 1.67. The van der Waals surface area contributed by atoms with Crippen LogP contribution in [0.2, 0.25) is 0 Å². The highest BCUT2D eigenvalue weighted by atomic mass is 79.9. The molecule has 0 heterocycles. The zero-order valence-electron chi connectivity index (χ0n) is 9.13. The number of amides is 1. The molecule has 0 fully saturated rings. The summed E-state index contributed by atoms with van der Waals surface area (Å²) in [5.74, 6) is -0.182. The van der Waals surface area contributed by atoms with Gasteiger partial charge in [-0.05, 0) is 40.5 Å². The van der Waals surface area contributed by atoms with Crippen molar-refractivity contribution in [2.24, 2.45) is 5.73 Å². The standard InChI is InChI=1S/C11H15BrN2O2/c1-8-2-3-10(9(12)6-8)14-11(15)7-16-5-4-13/h2-3,6H,4-5,7,13H2,1H3,(H,14,15). The minimum atomic E-state index is -0.182. The number of halogens is 1. The largest absolute Gasteiger partial charge is 0.370 e. The number of benzene rings is 1. The molecular weight excluding hydrogens is 272 g/mol. The van der Waals surface area contributed by atoms with Crippen LogP contribution in [0.3, 0.4) is 0 Å². The van der Waals surface area contributed by atoms with Crippen LogP contribution in [0.5, 0.6) is 0 Å². The second-order valence-electron chi connectivity index (χ2n) is 3.37. The van der Waals surface area contributed by atoms with Crippen LogP contribution in [0, 0.1) is 6.92 Å². The van der Waals surface area contributed by atoms with Crippen molar-refractivity contribution in [1.29, 1.82) is 0 Å².